The van der Waals surface area contributed by atoms with E-state index in [9.17, 15) is 12.8 Å². The summed E-state index contributed by atoms with van der Waals surface area (Å²) in [7, 11) is -3.56. The van der Waals surface area contributed by atoms with E-state index >= 15 is 0 Å². The normalized spacial score (nSPS) is 11.5. The molecule has 112 valence electrons. The highest BCUT2D eigenvalue weighted by molar-refractivity contribution is 7.90. The van der Waals surface area contributed by atoms with Crippen LogP contribution in [0.25, 0.3) is 22.3 Å². The largest absolute Gasteiger partial charge is 0.264 e. The van der Waals surface area contributed by atoms with Gasteiger partial charge in [0.2, 0.25) is 0 Å². The van der Waals surface area contributed by atoms with E-state index in [1.54, 1.807) is 18.5 Å². The van der Waals surface area contributed by atoms with E-state index < -0.39 is 15.7 Å². The van der Waals surface area contributed by atoms with Crippen LogP contribution < -0.4 is 0 Å². The van der Waals surface area contributed by atoms with Crippen molar-refractivity contribution in [2.45, 2.75) is 4.90 Å². The van der Waals surface area contributed by atoms with Crippen LogP contribution in [0.5, 0.6) is 0 Å². The van der Waals surface area contributed by atoms with Gasteiger partial charge in [-0.15, -0.1) is 0 Å². The summed E-state index contributed by atoms with van der Waals surface area (Å²) in [5.41, 5.74) is 3.39. The molecule has 0 aliphatic rings. The molecule has 0 radical (unpaired) electrons. The molecule has 3 rings (SSSR count). The molecule has 0 amide bonds. The first-order valence-corrected chi connectivity index (χ1v) is 9.27. The summed E-state index contributed by atoms with van der Waals surface area (Å²) in [5.74, 6) is -0.733. The lowest BCUT2D eigenvalue weighted by molar-refractivity contribution is 0.571. The monoisotopic (exact) mass is 333 g/mol. The van der Waals surface area contributed by atoms with Crippen molar-refractivity contribution in [1.82, 2.24) is 4.98 Å². The molecular formula is C16H12FNO2S2. The third-order valence-electron chi connectivity index (χ3n) is 3.28. The molecule has 0 atom stereocenters. The van der Waals surface area contributed by atoms with Crippen molar-refractivity contribution in [3.8, 4) is 22.3 Å². The zero-order chi connectivity index (χ0) is 15.7. The minimum atomic E-state index is -3.56. The fraction of sp³-hybridized carbons (Fsp3) is 0.0625. The zero-order valence-corrected chi connectivity index (χ0v) is 13.3. The van der Waals surface area contributed by atoms with E-state index in [2.05, 4.69) is 4.98 Å². The number of rotatable bonds is 3. The van der Waals surface area contributed by atoms with Crippen LogP contribution in [0.3, 0.4) is 0 Å². The van der Waals surface area contributed by atoms with E-state index in [0.29, 0.717) is 5.56 Å². The second kappa shape index (κ2) is 5.62. The lowest BCUT2D eigenvalue weighted by Gasteiger charge is -2.07. The van der Waals surface area contributed by atoms with Gasteiger partial charge in [-0.2, -0.15) is 11.3 Å². The van der Waals surface area contributed by atoms with E-state index in [1.165, 1.54) is 23.5 Å². The minimum Gasteiger partial charge on any atom is -0.264 e. The van der Waals surface area contributed by atoms with Gasteiger partial charge in [0.15, 0.2) is 9.84 Å². The molecule has 0 aliphatic carbocycles. The highest BCUT2D eigenvalue weighted by Crippen LogP contribution is 2.35. The smallest absolute Gasteiger partial charge is 0.178 e. The zero-order valence-electron chi connectivity index (χ0n) is 11.7. The van der Waals surface area contributed by atoms with Gasteiger partial charge in [0.25, 0.3) is 0 Å². The van der Waals surface area contributed by atoms with Gasteiger partial charge in [0.05, 0.1) is 0 Å². The summed E-state index contributed by atoms with van der Waals surface area (Å²) in [6, 6.07) is 7.97. The highest BCUT2D eigenvalue weighted by Gasteiger charge is 2.16. The maximum atomic E-state index is 14.1. The lowest BCUT2D eigenvalue weighted by Crippen LogP contribution is -2.00. The van der Waals surface area contributed by atoms with Crippen molar-refractivity contribution in [3.05, 3.63) is 59.3 Å². The molecule has 3 nitrogen and oxygen atoms in total. The summed E-state index contributed by atoms with van der Waals surface area (Å²) < 4.78 is 37.1. The SMILES string of the molecule is CS(=O)(=O)c1ccc(-c2cscc2-c2cccnc2)cc1F. The number of aromatic nitrogens is 1. The molecule has 2 aromatic heterocycles. The third-order valence-corrected chi connectivity index (χ3v) is 5.15. The molecule has 0 aliphatic heterocycles. The number of nitrogens with zero attached hydrogens (tertiary/aromatic N) is 1. The predicted octanol–water partition coefficient (Wildman–Crippen LogP) is 4.02. The number of benzene rings is 1. The second-order valence-electron chi connectivity index (χ2n) is 4.86. The number of halogens is 1. The molecule has 2 heterocycles. The molecule has 1 aromatic carbocycles. The van der Waals surface area contributed by atoms with Crippen LogP contribution in [0.1, 0.15) is 0 Å². The molecule has 0 spiro atoms. The van der Waals surface area contributed by atoms with E-state index in [-0.39, 0.29) is 4.90 Å². The number of pyridine rings is 1. The van der Waals surface area contributed by atoms with Crippen molar-refractivity contribution < 1.29 is 12.8 Å². The second-order valence-corrected chi connectivity index (χ2v) is 7.59. The highest BCUT2D eigenvalue weighted by atomic mass is 32.2. The molecule has 0 saturated carbocycles. The van der Waals surface area contributed by atoms with Crippen LogP contribution in [0.4, 0.5) is 4.39 Å². The Labute approximate surface area is 132 Å². The van der Waals surface area contributed by atoms with Gasteiger partial charge in [-0.25, -0.2) is 12.8 Å². The van der Waals surface area contributed by atoms with E-state index in [4.69, 9.17) is 0 Å². The molecule has 0 fully saturated rings. The van der Waals surface area contributed by atoms with E-state index in [1.807, 2.05) is 22.9 Å². The predicted molar refractivity (Wildman–Crippen MR) is 86.1 cm³/mol. The van der Waals surface area contributed by atoms with Gasteiger partial charge in [0.1, 0.15) is 10.7 Å². The molecule has 0 bridgehead atoms. The molecule has 0 unspecified atom stereocenters. The van der Waals surface area contributed by atoms with E-state index in [0.717, 1.165) is 22.9 Å². The van der Waals surface area contributed by atoms with Crippen molar-refractivity contribution in [3.63, 3.8) is 0 Å². The van der Waals surface area contributed by atoms with Gasteiger partial charge >= 0.3 is 0 Å². The fourth-order valence-corrected chi connectivity index (χ4v) is 3.83. The first-order valence-electron chi connectivity index (χ1n) is 6.43. The lowest BCUT2D eigenvalue weighted by atomic mass is 10.0. The Morgan fingerprint density at radius 1 is 1.09 bits per heavy atom. The summed E-state index contributed by atoms with van der Waals surface area (Å²) in [6.07, 6.45) is 4.43. The Kier molecular flexibility index (Phi) is 3.80. The number of hydrogen-bond acceptors (Lipinski definition) is 4. The summed E-state index contributed by atoms with van der Waals surface area (Å²) in [5, 5.41) is 3.88. The summed E-state index contributed by atoms with van der Waals surface area (Å²) in [6.45, 7) is 0. The minimum absolute atomic E-state index is 0.283. The maximum absolute atomic E-state index is 14.1. The molecule has 22 heavy (non-hydrogen) atoms. The maximum Gasteiger partial charge on any atom is 0.178 e. The number of thiophene rings is 1. The average molecular weight is 333 g/mol. The van der Waals surface area contributed by atoms with Crippen molar-refractivity contribution in [2.75, 3.05) is 6.26 Å². The molecule has 0 saturated heterocycles. The van der Waals surface area contributed by atoms with Crippen molar-refractivity contribution in [2.24, 2.45) is 0 Å². The third kappa shape index (κ3) is 2.80. The van der Waals surface area contributed by atoms with Crippen LogP contribution in [-0.2, 0) is 9.84 Å². The Morgan fingerprint density at radius 2 is 1.82 bits per heavy atom. The first-order chi connectivity index (χ1) is 10.5. The number of sulfone groups is 1. The molecule has 6 heteroatoms. The number of hydrogen-bond donors (Lipinski definition) is 0. The van der Waals surface area contributed by atoms with Crippen molar-refractivity contribution in [1.29, 1.82) is 0 Å². The Hall–Kier alpha value is -2.05. The Bertz CT molecular complexity index is 918. The Morgan fingerprint density at radius 3 is 2.41 bits per heavy atom. The molecular weight excluding hydrogens is 321 g/mol. The van der Waals surface area contributed by atoms with Crippen LogP contribution in [-0.4, -0.2) is 19.7 Å². The first kappa shape index (κ1) is 14.9. The summed E-state index contributed by atoms with van der Waals surface area (Å²) >= 11 is 1.50. The van der Waals surface area contributed by atoms with Gasteiger partial charge in [0, 0.05) is 35.3 Å². The van der Waals surface area contributed by atoms with Crippen LogP contribution in [0, 0.1) is 5.82 Å². The van der Waals surface area contributed by atoms with Crippen LogP contribution in [0.15, 0.2) is 58.4 Å². The average Bonchev–Trinajstić information content (AvgIpc) is 2.96. The topological polar surface area (TPSA) is 47.0 Å². The van der Waals surface area contributed by atoms with Crippen molar-refractivity contribution >= 4 is 21.2 Å². The van der Waals surface area contributed by atoms with Gasteiger partial charge in [-0.05, 0) is 34.5 Å². The quantitative estimate of drug-likeness (QED) is 0.727. The van der Waals surface area contributed by atoms with Gasteiger partial charge in [-0.1, -0.05) is 12.1 Å². The summed E-state index contributed by atoms with van der Waals surface area (Å²) in [4.78, 5) is 3.81. The van der Waals surface area contributed by atoms with Gasteiger partial charge < -0.3 is 0 Å². The van der Waals surface area contributed by atoms with Crippen LogP contribution >= 0.6 is 11.3 Å². The molecule has 3 aromatic rings. The standard InChI is InChI=1S/C16H12FNO2S2/c1-22(19,20)16-5-4-11(7-15(16)17)13-9-21-10-14(13)12-3-2-6-18-8-12/h2-10H,1H3. The van der Waals surface area contributed by atoms with Gasteiger partial charge in [-0.3, -0.25) is 4.98 Å². The van der Waals surface area contributed by atoms with Crippen LogP contribution in [0.2, 0.25) is 0 Å². The Balaban J connectivity index is 2.11. The molecule has 0 N–H and O–H groups in total. The fourth-order valence-electron chi connectivity index (χ4n) is 2.24.